The monoisotopic (exact) mass is 327 g/mol. The second-order valence-corrected chi connectivity index (χ2v) is 5.79. The third-order valence-corrected chi connectivity index (χ3v) is 3.05. The molecule has 0 aliphatic carbocycles. The summed E-state index contributed by atoms with van der Waals surface area (Å²) in [6.07, 6.45) is 0. The maximum absolute atomic E-state index is 11.9. The van der Waals surface area contributed by atoms with E-state index in [4.69, 9.17) is 0 Å². The van der Waals surface area contributed by atoms with Crippen molar-refractivity contribution in [3.05, 3.63) is 42.1 Å². The summed E-state index contributed by atoms with van der Waals surface area (Å²) in [4.78, 5) is 22.9. The Bertz CT molecular complexity index is 696. The molecule has 0 aliphatic heterocycles. The molecule has 0 bridgehead atoms. The molecule has 3 N–H and O–H groups in total. The molecule has 126 valence electrons. The zero-order chi connectivity index (χ0) is 17.5. The minimum absolute atomic E-state index is 0.118. The van der Waals surface area contributed by atoms with E-state index in [2.05, 4.69) is 26.1 Å². The van der Waals surface area contributed by atoms with Crippen LogP contribution < -0.4 is 16.0 Å². The minimum Gasteiger partial charge on any atom is -0.350 e. The highest BCUT2D eigenvalue weighted by molar-refractivity contribution is 5.92. The van der Waals surface area contributed by atoms with E-state index in [1.165, 1.54) is 6.92 Å². The van der Waals surface area contributed by atoms with Gasteiger partial charge in [0.1, 0.15) is 0 Å². The average molecular weight is 327 g/mol. The van der Waals surface area contributed by atoms with Gasteiger partial charge in [-0.3, -0.25) is 9.59 Å². The Morgan fingerprint density at radius 2 is 1.67 bits per heavy atom. The normalized spacial score (nSPS) is 10.3. The first-order chi connectivity index (χ1) is 11.4. The third kappa shape index (κ3) is 5.35. The predicted molar refractivity (Wildman–Crippen MR) is 93.2 cm³/mol. The molecule has 0 saturated carbocycles. The first-order valence-corrected chi connectivity index (χ1v) is 7.70. The Morgan fingerprint density at radius 1 is 1.00 bits per heavy atom. The van der Waals surface area contributed by atoms with E-state index in [0.717, 1.165) is 11.4 Å². The summed E-state index contributed by atoms with van der Waals surface area (Å²) in [7, 11) is 0. The van der Waals surface area contributed by atoms with E-state index >= 15 is 0 Å². The van der Waals surface area contributed by atoms with E-state index in [9.17, 15) is 9.59 Å². The molecule has 2 rings (SSSR count). The summed E-state index contributed by atoms with van der Waals surface area (Å²) in [6.45, 7) is 6.11. The summed E-state index contributed by atoms with van der Waals surface area (Å²) in [5, 5.41) is 16.5. The van der Waals surface area contributed by atoms with Gasteiger partial charge in [0.15, 0.2) is 11.5 Å². The van der Waals surface area contributed by atoms with E-state index in [0.29, 0.717) is 18.3 Å². The van der Waals surface area contributed by atoms with Crippen molar-refractivity contribution in [1.29, 1.82) is 0 Å². The highest BCUT2D eigenvalue weighted by atomic mass is 16.2. The number of amides is 2. The Morgan fingerprint density at radius 3 is 2.21 bits per heavy atom. The number of hydrogen-bond acceptors (Lipinski definition) is 5. The van der Waals surface area contributed by atoms with Gasteiger partial charge < -0.3 is 16.0 Å². The van der Waals surface area contributed by atoms with Gasteiger partial charge in [-0.05, 0) is 42.3 Å². The number of carbonyl (C=O) groups is 2. The Balaban J connectivity index is 1.96. The van der Waals surface area contributed by atoms with Crippen LogP contribution in [0, 0.1) is 5.92 Å². The maximum atomic E-state index is 11.9. The molecule has 0 fully saturated rings. The Labute approximate surface area is 140 Å². The van der Waals surface area contributed by atoms with E-state index in [1.807, 2.05) is 26.0 Å². The molecule has 1 aromatic carbocycles. The summed E-state index contributed by atoms with van der Waals surface area (Å²) >= 11 is 0. The molecule has 2 aromatic rings. The van der Waals surface area contributed by atoms with E-state index in [1.54, 1.807) is 24.3 Å². The van der Waals surface area contributed by atoms with Crippen LogP contribution in [0.4, 0.5) is 17.2 Å². The molecule has 0 atom stereocenters. The van der Waals surface area contributed by atoms with Crippen LogP contribution in [0.5, 0.6) is 0 Å². The lowest BCUT2D eigenvalue weighted by Crippen LogP contribution is -2.28. The van der Waals surface area contributed by atoms with Crippen LogP contribution in [0.2, 0.25) is 0 Å². The van der Waals surface area contributed by atoms with Gasteiger partial charge >= 0.3 is 0 Å². The lowest BCUT2D eigenvalue weighted by molar-refractivity contribution is -0.114. The average Bonchev–Trinajstić information content (AvgIpc) is 2.54. The largest absolute Gasteiger partial charge is 0.350 e. The van der Waals surface area contributed by atoms with Crippen LogP contribution in [0.15, 0.2) is 36.4 Å². The van der Waals surface area contributed by atoms with Crippen molar-refractivity contribution >= 4 is 29.0 Å². The van der Waals surface area contributed by atoms with Crippen molar-refractivity contribution in [1.82, 2.24) is 15.5 Å². The van der Waals surface area contributed by atoms with Crippen molar-refractivity contribution in [2.45, 2.75) is 20.8 Å². The fourth-order valence-corrected chi connectivity index (χ4v) is 1.90. The molecule has 0 spiro atoms. The van der Waals surface area contributed by atoms with Crippen molar-refractivity contribution in [3.8, 4) is 0 Å². The zero-order valence-electron chi connectivity index (χ0n) is 14.0. The van der Waals surface area contributed by atoms with E-state index in [-0.39, 0.29) is 17.5 Å². The highest BCUT2D eigenvalue weighted by Crippen LogP contribution is 2.17. The molecular weight excluding hydrogens is 306 g/mol. The maximum Gasteiger partial charge on any atom is 0.271 e. The lowest BCUT2D eigenvalue weighted by Gasteiger charge is -2.08. The zero-order valence-corrected chi connectivity index (χ0v) is 14.0. The molecule has 0 radical (unpaired) electrons. The third-order valence-electron chi connectivity index (χ3n) is 3.05. The standard InChI is InChI=1S/C17H21N5O2/c1-11(2)10-18-17(24)15-8-9-16(22-21-15)20-14-6-4-13(5-7-14)19-12(3)23/h4-9,11H,10H2,1-3H3,(H,18,24)(H,19,23)(H,20,22). The number of benzene rings is 1. The number of nitrogens with zero attached hydrogens (tertiary/aromatic N) is 2. The van der Waals surface area contributed by atoms with Crippen LogP contribution in [0.3, 0.4) is 0 Å². The van der Waals surface area contributed by atoms with Gasteiger partial charge in [0, 0.05) is 24.8 Å². The van der Waals surface area contributed by atoms with Gasteiger partial charge in [0.2, 0.25) is 5.91 Å². The fourth-order valence-electron chi connectivity index (χ4n) is 1.90. The number of carbonyl (C=O) groups excluding carboxylic acids is 2. The lowest BCUT2D eigenvalue weighted by atomic mass is 10.2. The topological polar surface area (TPSA) is 96.0 Å². The molecular formula is C17H21N5O2. The SMILES string of the molecule is CC(=O)Nc1ccc(Nc2ccc(C(=O)NCC(C)C)nn2)cc1. The molecule has 2 amide bonds. The van der Waals surface area contributed by atoms with Gasteiger partial charge in [0.05, 0.1) is 0 Å². The van der Waals surface area contributed by atoms with Crippen LogP contribution in [-0.2, 0) is 4.79 Å². The molecule has 1 heterocycles. The number of nitrogens with one attached hydrogen (secondary N) is 3. The summed E-state index contributed by atoms with van der Waals surface area (Å²) < 4.78 is 0. The van der Waals surface area contributed by atoms with Gasteiger partial charge in [-0.25, -0.2) is 0 Å². The van der Waals surface area contributed by atoms with Crippen molar-refractivity contribution in [2.24, 2.45) is 5.92 Å². The fraction of sp³-hybridized carbons (Fsp3) is 0.294. The molecule has 1 aromatic heterocycles. The smallest absolute Gasteiger partial charge is 0.271 e. The quantitative estimate of drug-likeness (QED) is 0.758. The second-order valence-electron chi connectivity index (χ2n) is 5.79. The Hall–Kier alpha value is -2.96. The number of aromatic nitrogens is 2. The van der Waals surface area contributed by atoms with E-state index < -0.39 is 0 Å². The molecule has 7 heteroatoms. The number of anilines is 3. The Kier molecular flexibility index (Phi) is 5.83. The van der Waals surface area contributed by atoms with Gasteiger partial charge in [0.25, 0.3) is 5.91 Å². The molecule has 0 aliphatic rings. The summed E-state index contributed by atoms with van der Waals surface area (Å²) in [5.74, 6) is 0.557. The van der Waals surface area contributed by atoms with Gasteiger partial charge in [-0.1, -0.05) is 13.8 Å². The molecule has 0 saturated heterocycles. The van der Waals surface area contributed by atoms with Crippen molar-refractivity contribution < 1.29 is 9.59 Å². The van der Waals surface area contributed by atoms with Crippen molar-refractivity contribution in [3.63, 3.8) is 0 Å². The predicted octanol–water partition coefficient (Wildman–Crippen LogP) is 2.56. The second kappa shape index (κ2) is 8.05. The number of hydrogen-bond donors (Lipinski definition) is 3. The number of rotatable bonds is 6. The molecule has 24 heavy (non-hydrogen) atoms. The first kappa shape index (κ1) is 17.4. The van der Waals surface area contributed by atoms with Gasteiger partial charge in [-0.2, -0.15) is 0 Å². The highest BCUT2D eigenvalue weighted by Gasteiger charge is 2.08. The van der Waals surface area contributed by atoms with Crippen LogP contribution in [-0.4, -0.2) is 28.6 Å². The minimum atomic E-state index is -0.234. The van der Waals surface area contributed by atoms with Crippen molar-refractivity contribution in [2.75, 3.05) is 17.2 Å². The van der Waals surface area contributed by atoms with Crippen LogP contribution in [0.1, 0.15) is 31.3 Å². The van der Waals surface area contributed by atoms with Crippen LogP contribution >= 0.6 is 0 Å². The summed E-state index contributed by atoms with van der Waals surface area (Å²) in [6, 6.07) is 10.5. The summed E-state index contributed by atoms with van der Waals surface area (Å²) in [5.41, 5.74) is 1.80. The van der Waals surface area contributed by atoms with Crippen LogP contribution in [0.25, 0.3) is 0 Å². The molecule has 0 unspecified atom stereocenters. The first-order valence-electron chi connectivity index (χ1n) is 7.70. The molecule has 7 nitrogen and oxygen atoms in total. The van der Waals surface area contributed by atoms with Gasteiger partial charge in [-0.15, -0.1) is 10.2 Å².